The van der Waals surface area contributed by atoms with Crippen LogP contribution in [0.4, 0.5) is 0 Å². The summed E-state index contributed by atoms with van der Waals surface area (Å²) in [5.74, 6) is -0.397. The summed E-state index contributed by atoms with van der Waals surface area (Å²) in [6.45, 7) is 0.324. The van der Waals surface area contributed by atoms with E-state index in [2.05, 4.69) is 22.1 Å². The zero-order chi connectivity index (χ0) is 14.8. The van der Waals surface area contributed by atoms with Gasteiger partial charge >= 0.3 is 5.97 Å². The first-order valence-corrected chi connectivity index (χ1v) is 6.80. The van der Waals surface area contributed by atoms with Crippen molar-refractivity contribution in [2.24, 2.45) is 10.7 Å². The summed E-state index contributed by atoms with van der Waals surface area (Å²) < 4.78 is 1.95. The molecule has 1 fully saturated rings. The zero-order valence-corrected chi connectivity index (χ0v) is 11.4. The van der Waals surface area contributed by atoms with Crippen LogP contribution in [0.15, 0.2) is 41.3 Å². The minimum absolute atomic E-state index is 0.0326. The fourth-order valence-corrected chi connectivity index (χ4v) is 2.20. The third-order valence-corrected chi connectivity index (χ3v) is 3.49. The maximum atomic E-state index is 10.8. The number of pyridine rings is 1. The Hall–Kier alpha value is -2.63. The molecule has 0 bridgehead atoms. The number of rotatable bonds is 5. The number of aliphatic imine (C=N–C) groups is 1. The fourth-order valence-electron chi connectivity index (χ4n) is 2.20. The number of hydrogen-bond donors (Lipinski definition) is 2. The van der Waals surface area contributed by atoms with Crippen molar-refractivity contribution < 1.29 is 9.90 Å². The molecule has 2 heterocycles. The summed E-state index contributed by atoms with van der Waals surface area (Å²) in [5, 5.41) is 8.81. The zero-order valence-electron chi connectivity index (χ0n) is 11.4. The Bertz CT molecular complexity index is 741. The molecule has 6 nitrogen and oxygen atoms in total. The lowest BCUT2D eigenvalue weighted by atomic mass is 10.2. The Kier molecular flexibility index (Phi) is 3.43. The second kappa shape index (κ2) is 5.40. The van der Waals surface area contributed by atoms with E-state index in [-0.39, 0.29) is 5.57 Å². The second-order valence-corrected chi connectivity index (χ2v) is 5.13. The summed E-state index contributed by atoms with van der Waals surface area (Å²) in [5.41, 5.74) is 8.21. The van der Waals surface area contributed by atoms with Crippen LogP contribution in [0, 0.1) is 0 Å². The molecular weight excluding hydrogens is 268 g/mol. The molecule has 3 N–H and O–H groups in total. The largest absolute Gasteiger partial charge is 0.478 e. The van der Waals surface area contributed by atoms with Crippen molar-refractivity contribution >= 4 is 17.8 Å². The number of hydrogen-bond acceptors (Lipinski definition) is 4. The van der Waals surface area contributed by atoms with Crippen molar-refractivity contribution in [3.05, 3.63) is 47.6 Å². The Morgan fingerprint density at radius 2 is 2.38 bits per heavy atom. The van der Waals surface area contributed by atoms with E-state index in [1.54, 1.807) is 0 Å². The highest BCUT2D eigenvalue weighted by Crippen LogP contribution is 2.40. The molecule has 3 rings (SSSR count). The Labute approximate surface area is 121 Å². The van der Waals surface area contributed by atoms with E-state index in [0.717, 1.165) is 17.5 Å². The van der Waals surface area contributed by atoms with Gasteiger partial charge in [0.05, 0.1) is 17.8 Å². The predicted molar refractivity (Wildman–Crippen MR) is 79.3 cm³/mol. The molecule has 0 aliphatic heterocycles. The van der Waals surface area contributed by atoms with Crippen LogP contribution < -0.4 is 5.73 Å². The SMILES string of the molecule is NC=C(C=NCc1cn2ccc(C3CC3)cc2n1)C(=O)O. The van der Waals surface area contributed by atoms with Gasteiger partial charge < -0.3 is 15.2 Å². The van der Waals surface area contributed by atoms with Gasteiger partial charge in [-0.25, -0.2) is 9.78 Å². The average molecular weight is 284 g/mol. The van der Waals surface area contributed by atoms with Gasteiger partial charge in [0.25, 0.3) is 0 Å². The predicted octanol–water partition coefficient (Wildman–Crippen LogP) is 1.71. The molecule has 0 amide bonds. The first-order chi connectivity index (χ1) is 10.2. The van der Waals surface area contributed by atoms with Gasteiger partial charge in [0.15, 0.2) is 0 Å². The number of carbonyl (C=O) groups is 1. The number of aliphatic carboxylic acids is 1. The molecular formula is C15H16N4O2. The molecule has 0 aromatic carbocycles. The Morgan fingerprint density at radius 3 is 3.05 bits per heavy atom. The van der Waals surface area contributed by atoms with Gasteiger partial charge in [0, 0.05) is 24.8 Å². The van der Waals surface area contributed by atoms with Crippen LogP contribution in [0.2, 0.25) is 0 Å². The van der Waals surface area contributed by atoms with E-state index in [4.69, 9.17) is 10.8 Å². The van der Waals surface area contributed by atoms with Crippen molar-refractivity contribution in [2.75, 3.05) is 0 Å². The van der Waals surface area contributed by atoms with Crippen LogP contribution in [0.1, 0.15) is 30.0 Å². The monoisotopic (exact) mass is 284 g/mol. The van der Waals surface area contributed by atoms with Crippen LogP contribution in [0.5, 0.6) is 0 Å². The molecule has 1 saturated carbocycles. The summed E-state index contributed by atoms with van der Waals surface area (Å²) in [4.78, 5) is 19.3. The van der Waals surface area contributed by atoms with Crippen LogP contribution in [-0.4, -0.2) is 26.7 Å². The maximum Gasteiger partial charge on any atom is 0.338 e. The van der Waals surface area contributed by atoms with E-state index in [1.807, 2.05) is 16.8 Å². The summed E-state index contributed by atoms with van der Waals surface area (Å²) in [6.07, 6.45) is 8.70. The Morgan fingerprint density at radius 1 is 1.57 bits per heavy atom. The normalized spacial score (nSPS) is 15.9. The summed E-state index contributed by atoms with van der Waals surface area (Å²) in [6, 6.07) is 4.23. The van der Waals surface area contributed by atoms with E-state index in [0.29, 0.717) is 12.5 Å². The fraction of sp³-hybridized carbons (Fsp3) is 0.267. The molecule has 2 aromatic heterocycles. The smallest absolute Gasteiger partial charge is 0.338 e. The molecule has 2 aromatic rings. The van der Waals surface area contributed by atoms with Gasteiger partial charge in [-0.05, 0) is 36.5 Å². The van der Waals surface area contributed by atoms with E-state index in [1.165, 1.54) is 24.6 Å². The highest BCUT2D eigenvalue weighted by atomic mass is 16.4. The van der Waals surface area contributed by atoms with Gasteiger partial charge in [0.1, 0.15) is 5.65 Å². The molecule has 0 unspecified atom stereocenters. The van der Waals surface area contributed by atoms with Gasteiger partial charge in [0.2, 0.25) is 0 Å². The molecule has 1 aliphatic carbocycles. The van der Waals surface area contributed by atoms with Crippen molar-refractivity contribution in [1.29, 1.82) is 0 Å². The summed E-state index contributed by atoms with van der Waals surface area (Å²) >= 11 is 0. The highest BCUT2D eigenvalue weighted by molar-refractivity contribution is 6.08. The van der Waals surface area contributed by atoms with Crippen LogP contribution in [-0.2, 0) is 11.3 Å². The van der Waals surface area contributed by atoms with Crippen LogP contribution in [0.3, 0.4) is 0 Å². The first kappa shape index (κ1) is 13.4. The number of fused-ring (bicyclic) bond motifs is 1. The van der Waals surface area contributed by atoms with Gasteiger partial charge in [-0.1, -0.05) is 0 Å². The minimum atomic E-state index is -1.09. The lowest BCUT2D eigenvalue weighted by Gasteiger charge is -1.97. The molecule has 21 heavy (non-hydrogen) atoms. The molecule has 0 spiro atoms. The molecule has 1 aliphatic rings. The first-order valence-electron chi connectivity index (χ1n) is 6.80. The number of carboxylic acid groups (broad SMARTS) is 1. The van der Waals surface area contributed by atoms with Crippen molar-refractivity contribution in [2.45, 2.75) is 25.3 Å². The summed E-state index contributed by atoms with van der Waals surface area (Å²) in [7, 11) is 0. The number of imidazole rings is 1. The molecule has 108 valence electrons. The van der Waals surface area contributed by atoms with Crippen LogP contribution >= 0.6 is 0 Å². The maximum absolute atomic E-state index is 10.8. The number of carboxylic acids is 1. The lowest BCUT2D eigenvalue weighted by molar-refractivity contribution is -0.132. The lowest BCUT2D eigenvalue weighted by Crippen LogP contribution is -2.04. The number of nitrogens with two attached hydrogens (primary N) is 1. The standard InChI is InChI=1S/C15H16N4O2/c16-6-12(15(20)21)7-17-8-13-9-19-4-3-11(10-1-2-10)5-14(19)18-13/h3-7,9-10H,1-2,8,16H2,(H,20,21). The van der Waals surface area contributed by atoms with E-state index in [9.17, 15) is 4.79 Å². The highest BCUT2D eigenvalue weighted by Gasteiger charge is 2.23. The number of aromatic nitrogens is 2. The van der Waals surface area contributed by atoms with E-state index < -0.39 is 5.97 Å². The third-order valence-electron chi connectivity index (χ3n) is 3.49. The molecule has 0 saturated heterocycles. The van der Waals surface area contributed by atoms with Gasteiger partial charge in [-0.15, -0.1) is 0 Å². The van der Waals surface area contributed by atoms with Crippen LogP contribution in [0.25, 0.3) is 5.65 Å². The Balaban J connectivity index is 1.75. The van der Waals surface area contributed by atoms with E-state index >= 15 is 0 Å². The van der Waals surface area contributed by atoms with Crippen molar-refractivity contribution in [1.82, 2.24) is 9.38 Å². The molecule has 6 heteroatoms. The van der Waals surface area contributed by atoms with Crippen molar-refractivity contribution in [3.8, 4) is 0 Å². The topological polar surface area (TPSA) is 93.0 Å². The average Bonchev–Trinajstić information content (AvgIpc) is 3.23. The third kappa shape index (κ3) is 2.94. The number of nitrogens with zero attached hydrogens (tertiary/aromatic N) is 3. The molecule has 0 radical (unpaired) electrons. The van der Waals surface area contributed by atoms with Gasteiger partial charge in [-0.3, -0.25) is 4.99 Å². The van der Waals surface area contributed by atoms with Crippen molar-refractivity contribution in [3.63, 3.8) is 0 Å². The minimum Gasteiger partial charge on any atom is -0.478 e. The quantitative estimate of drug-likeness (QED) is 0.645. The van der Waals surface area contributed by atoms with Gasteiger partial charge in [-0.2, -0.15) is 0 Å². The molecule has 0 atom stereocenters. The second-order valence-electron chi connectivity index (χ2n) is 5.13.